The predicted octanol–water partition coefficient (Wildman–Crippen LogP) is 5.29. The second-order valence-electron chi connectivity index (χ2n) is 6.15. The van der Waals surface area contributed by atoms with Crippen LogP contribution in [0.3, 0.4) is 0 Å². The number of benzene rings is 2. The van der Waals surface area contributed by atoms with Gasteiger partial charge in [-0.15, -0.1) is 0 Å². The number of halogens is 1. The molecule has 0 saturated heterocycles. The molecule has 1 amide bonds. The Kier molecular flexibility index (Phi) is 5.65. The van der Waals surface area contributed by atoms with Crippen molar-refractivity contribution in [2.24, 2.45) is 0 Å². The van der Waals surface area contributed by atoms with Crippen LogP contribution >= 0.6 is 11.6 Å². The average Bonchev–Trinajstić information content (AvgIpc) is 3.13. The highest BCUT2D eigenvalue weighted by Gasteiger charge is 2.17. The van der Waals surface area contributed by atoms with Gasteiger partial charge in [0.1, 0.15) is 12.4 Å². The first-order chi connectivity index (χ1) is 13.3. The van der Waals surface area contributed by atoms with Crippen molar-refractivity contribution in [2.45, 2.75) is 20.5 Å². The van der Waals surface area contributed by atoms with Crippen LogP contribution in [-0.4, -0.2) is 10.8 Å². The van der Waals surface area contributed by atoms with Gasteiger partial charge in [-0.2, -0.15) is 0 Å². The molecular formula is C20H17ClN2O5. The topological polar surface area (TPSA) is 94.6 Å². The molecule has 0 spiro atoms. The number of amides is 1. The molecule has 0 bridgehead atoms. The van der Waals surface area contributed by atoms with E-state index in [9.17, 15) is 14.9 Å². The first-order valence-corrected chi connectivity index (χ1v) is 8.76. The molecule has 28 heavy (non-hydrogen) atoms. The van der Waals surface area contributed by atoms with Crippen LogP contribution in [0, 0.1) is 24.0 Å². The molecule has 0 fully saturated rings. The molecule has 7 nitrogen and oxygen atoms in total. The largest absolute Gasteiger partial charge is 0.479 e. The average molecular weight is 401 g/mol. The fourth-order valence-electron chi connectivity index (χ4n) is 2.55. The van der Waals surface area contributed by atoms with Crippen molar-refractivity contribution in [3.05, 3.63) is 86.3 Å². The van der Waals surface area contributed by atoms with E-state index in [1.54, 1.807) is 44.2 Å². The van der Waals surface area contributed by atoms with E-state index in [-0.39, 0.29) is 23.8 Å². The van der Waals surface area contributed by atoms with E-state index < -0.39 is 10.8 Å². The first kappa shape index (κ1) is 19.4. The molecule has 8 heteroatoms. The summed E-state index contributed by atoms with van der Waals surface area (Å²) >= 11 is 6.05. The number of nitrogens with zero attached hydrogens (tertiary/aromatic N) is 1. The van der Waals surface area contributed by atoms with Gasteiger partial charge in [0.05, 0.1) is 4.92 Å². The Balaban J connectivity index is 1.68. The minimum absolute atomic E-state index is 0.0482. The number of furan rings is 1. The molecule has 1 aromatic heterocycles. The lowest BCUT2D eigenvalue weighted by Gasteiger charge is -2.08. The third-order valence-electron chi connectivity index (χ3n) is 4.08. The Labute approximate surface area is 166 Å². The summed E-state index contributed by atoms with van der Waals surface area (Å²) in [5, 5.41) is 14.4. The molecule has 0 unspecified atom stereocenters. The third kappa shape index (κ3) is 4.32. The molecule has 1 N–H and O–H groups in total. The van der Waals surface area contributed by atoms with Gasteiger partial charge in [0.15, 0.2) is 11.5 Å². The summed E-state index contributed by atoms with van der Waals surface area (Å²) < 4.78 is 11.0. The summed E-state index contributed by atoms with van der Waals surface area (Å²) in [6.45, 7) is 3.51. The van der Waals surface area contributed by atoms with Crippen molar-refractivity contribution in [3.8, 4) is 5.75 Å². The van der Waals surface area contributed by atoms with Gasteiger partial charge in [0.25, 0.3) is 5.91 Å². The van der Waals surface area contributed by atoms with Crippen LogP contribution in [0.15, 0.2) is 52.9 Å². The molecule has 3 aromatic rings. The van der Waals surface area contributed by atoms with Crippen molar-refractivity contribution in [1.82, 2.24) is 0 Å². The van der Waals surface area contributed by atoms with Crippen molar-refractivity contribution in [3.63, 3.8) is 0 Å². The molecular weight excluding hydrogens is 384 g/mol. The number of rotatable bonds is 6. The Morgan fingerprint density at radius 1 is 1.21 bits per heavy atom. The van der Waals surface area contributed by atoms with Crippen LogP contribution in [0.5, 0.6) is 5.75 Å². The number of hydrogen-bond acceptors (Lipinski definition) is 5. The van der Waals surface area contributed by atoms with Gasteiger partial charge in [-0.1, -0.05) is 23.7 Å². The van der Waals surface area contributed by atoms with Crippen LogP contribution in [0.4, 0.5) is 11.4 Å². The fourth-order valence-corrected chi connectivity index (χ4v) is 2.72. The zero-order chi connectivity index (χ0) is 20.3. The van der Waals surface area contributed by atoms with Gasteiger partial charge in [0.2, 0.25) is 0 Å². The van der Waals surface area contributed by atoms with E-state index in [1.165, 1.54) is 18.2 Å². The molecule has 0 radical (unpaired) electrons. The molecule has 1 heterocycles. The highest BCUT2D eigenvalue weighted by atomic mass is 35.5. The number of carbonyl (C=O) groups is 1. The lowest BCUT2D eigenvalue weighted by atomic mass is 10.2. The summed E-state index contributed by atoms with van der Waals surface area (Å²) in [5.41, 5.74) is 1.97. The minimum atomic E-state index is -0.503. The summed E-state index contributed by atoms with van der Waals surface area (Å²) in [6.07, 6.45) is 0. The van der Waals surface area contributed by atoms with Crippen LogP contribution < -0.4 is 10.1 Å². The van der Waals surface area contributed by atoms with Crippen LogP contribution in [-0.2, 0) is 6.61 Å². The molecule has 0 aliphatic carbocycles. The zero-order valence-corrected chi connectivity index (χ0v) is 15.9. The maximum absolute atomic E-state index is 12.4. The molecule has 0 aliphatic rings. The lowest BCUT2D eigenvalue weighted by Crippen LogP contribution is -2.12. The normalized spacial score (nSPS) is 10.5. The number of hydrogen-bond donors (Lipinski definition) is 1. The van der Waals surface area contributed by atoms with Crippen molar-refractivity contribution < 1.29 is 18.9 Å². The van der Waals surface area contributed by atoms with E-state index in [0.717, 1.165) is 11.1 Å². The zero-order valence-electron chi connectivity index (χ0n) is 15.2. The maximum atomic E-state index is 12.4. The Bertz CT molecular complexity index is 1040. The Morgan fingerprint density at radius 2 is 2.00 bits per heavy atom. The van der Waals surface area contributed by atoms with Gasteiger partial charge in [-0.3, -0.25) is 14.9 Å². The smallest absolute Gasteiger partial charge is 0.311 e. The standard InChI is InChI=1S/C20H17ClN2O5/c1-12-6-8-18(17(10-12)23(25)26)27-11-14-7-9-19(28-14)20(24)22-16-5-3-4-15(21)13(16)2/h3-10H,11H2,1-2H3,(H,22,24). The van der Waals surface area contributed by atoms with Gasteiger partial charge < -0.3 is 14.5 Å². The van der Waals surface area contributed by atoms with E-state index in [2.05, 4.69) is 5.32 Å². The Morgan fingerprint density at radius 3 is 2.75 bits per heavy atom. The number of nitro groups is 1. The quantitative estimate of drug-likeness (QED) is 0.448. The number of aryl methyl sites for hydroxylation is 1. The predicted molar refractivity (Wildman–Crippen MR) is 105 cm³/mol. The number of nitro benzene ring substituents is 1. The van der Waals surface area contributed by atoms with Crippen LogP contribution in [0.25, 0.3) is 0 Å². The summed E-state index contributed by atoms with van der Waals surface area (Å²) in [4.78, 5) is 23.0. The van der Waals surface area contributed by atoms with Crippen LogP contribution in [0.2, 0.25) is 5.02 Å². The first-order valence-electron chi connectivity index (χ1n) is 8.38. The summed E-state index contributed by atoms with van der Waals surface area (Å²) in [6, 6.07) is 13.0. The molecule has 0 saturated carbocycles. The number of nitrogens with one attached hydrogen (secondary N) is 1. The van der Waals surface area contributed by atoms with Gasteiger partial charge in [-0.25, -0.2) is 0 Å². The number of carbonyl (C=O) groups excluding carboxylic acids is 1. The van der Waals surface area contributed by atoms with E-state index in [4.69, 9.17) is 20.8 Å². The fraction of sp³-hybridized carbons (Fsp3) is 0.150. The second kappa shape index (κ2) is 8.14. The molecule has 3 rings (SSSR count). The number of anilines is 1. The lowest BCUT2D eigenvalue weighted by molar-refractivity contribution is -0.386. The van der Waals surface area contributed by atoms with Crippen LogP contribution in [0.1, 0.15) is 27.4 Å². The van der Waals surface area contributed by atoms with Crippen molar-refractivity contribution >= 4 is 28.9 Å². The molecule has 144 valence electrons. The Hall–Kier alpha value is -3.32. The van der Waals surface area contributed by atoms with E-state index in [0.29, 0.717) is 16.5 Å². The van der Waals surface area contributed by atoms with E-state index >= 15 is 0 Å². The molecule has 0 atom stereocenters. The summed E-state index contributed by atoms with van der Waals surface area (Å²) in [5.74, 6) is 0.157. The SMILES string of the molecule is Cc1ccc(OCc2ccc(C(=O)Nc3cccc(Cl)c3C)o2)c([N+](=O)[O-])c1. The number of ether oxygens (including phenoxy) is 1. The highest BCUT2D eigenvalue weighted by Crippen LogP contribution is 2.29. The minimum Gasteiger partial charge on any atom is -0.479 e. The van der Waals surface area contributed by atoms with Gasteiger partial charge in [-0.05, 0) is 55.3 Å². The van der Waals surface area contributed by atoms with Crippen molar-refractivity contribution in [2.75, 3.05) is 5.32 Å². The summed E-state index contributed by atoms with van der Waals surface area (Å²) in [7, 11) is 0. The molecule has 2 aromatic carbocycles. The third-order valence-corrected chi connectivity index (χ3v) is 4.49. The van der Waals surface area contributed by atoms with Gasteiger partial charge in [0, 0.05) is 16.8 Å². The second-order valence-corrected chi connectivity index (χ2v) is 6.56. The van der Waals surface area contributed by atoms with E-state index in [1.807, 2.05) is 0 Å². The molecule has 0 aliphatic heterocycles. The van der Waals surface area contributed by atoms with Crippen molar-refractivity contribution in [1.29, 1.82) is 0 Å². The highest BCUT2D eigenvalue weighted by molar-refractivity contribution is 6.31. The monoisotopic (exact) mass is 400 g/mol. The maximum Gasteiger partial charge on any atom is 0.311 e. The van der Waals surface area contributed by atoms with Gasteiger partial charge >= 0.3 is 5.69 Å².